The van der Waals surface area contributed by atoms with Crippen LogP contribution in [0.1, 0.15) is 6.92 Å². The summed E-state index contributed by atoms with van der Waals surface area (Å²) in [6, 6.07) is 3.59. The van der Waals surface area contributed by atoms with Crippen LogP contribution >= 0.6 is 0 Å². The van der Waals surface area contributed by atoms with Crippen molar-refractivity contribution in [2.24, 2.45) is 5.73 Å². The Labute approximate surface area is 109 Å². The Morgan fingerprint density at radius 3 is 2.32 bits per heavy atom. The molecule has 108 valence electrons. The van der Waals surface area contributed by atoms with Gasteiger partial charge in [-0.3, -0.25) is 0 Å². The molecule has 4 nitrogen and oxygen atoms in total. The highest BCUT2D eigenvalue weighted by Crippen LogP contribution is 2.27. The van der Waals surface area contributed by atoms with E-state index in [9.17, 15) is 21.6 Å². The highest BCUT2D eigenvalue weighted by atomic mass is 32.2. The maximum Gasteiger partial charge on any atom is 0.426 e. The van der Waals surface area contributed by atoms with E-state index in [1.807, 2.05) is 0 Å². The summed E-state index contributed by atoms with van der Waals surface area (Å²) in [4.78, 5) is -0.115. The SMILES string of the molecule is CC(N)C(Oc1cccc(S(C)(=O)=O)c1)C(F)(F)F. The topological polar surface area (TPSA) is 69.4 Å². The van der Waals surface area contributed by atoms with Crippen molar-refractivity contribution >= 4 is 9.84 Å². The molecule has 1 rings (SSSR count). The van der Waals surface area contributed by atoms with E-state index in [1.54, 1.807) is 0 Å². The highest BCUT2D eigenvalue weighted by Gasteiger charge is 2.44. The van der Waals surface area contributed by atoms with Crippen LogP contribution in [0.3, 0.4) is 0 Å². The molecule has 2 atom stereocenters. The van der Waals surface area contributed by atoms with Gasteiger partial charge in [-0.15, -0.1) is 0 Å². The molecular weight excluding hydrogens is 283 g/mol. The lowest BCUT2D eigenvalue weighted by Gasteiger charge is -2.24. The Bertz CT molecular complexity index is 540. The van der Waals surface area contributed by atoms with Gasteiger partial charge in [0.15, 0.2) is 9.84 Å². The monoisotopic (exact) mass is 297 g/mol. The maximum absolute atomic E-state index is 12.7. The van der Waals surface area contributed by atoms with Crippen molar-refractivity contribution in [2.45, 2.75) is 30.1 Å². The number of halogens is 3. The summed E-state index contributed by atoms with van der Waals surface area (Å²) in [5.41, 5.74) is 5.23. The molecule has 0 saturated carbocycles. The van der Waals surface area contributed by atoms with Crippen molar-refractivity contribution in [3.05, 3.63) is 24.3 Å². The van der Waals surface area contributed by atoms with Gasteiger partial charge in [0, 0.05) is 12.3 Å². The quantitative estimate of drug-likeness (QED) is 0.919. The van der Waals surface area contributed by atoms with Crippen LogP contribution in [0.4, 0.5) is 13.2 Å². The molecule has 0 aliphatic carbocycles. The normalized spacial score (nSPS) is 15.9. The summed E-state index contributed by atoms with van der Waals surface area (Å²) in [6.07, 6.45) is -5.86. The number of sulfone groups is 1. The van der Waals surface area contributed by atoms with E-state index in [-0.39, 0.29) is 10.6 Å². The van der Waals surface area contributed by atoms with E-state index in [1.165, 1.54) is 25.1 Å². The van der Waals surface area contributed by atoms with Crippen molar-refractivity contribution in [1.29, 1.82) is 0 Å². The minimum Gasteiger partial charge on any atom is -0.479 e. The second-order valence-corrected chi connectivity index (χ2v) is 6.20. The lowest BCUT2D eigenvalue weighted by atomic mass is 10.2. The Kier molecular flexibility index (Phi) is 4.46. The molecule has 0 spiro atoms. The zero-order valence-corrected chi connectivity index (χ0v) is 11.1. The van der Waals surface area contributed by atoms with Crippen LogP contribution < -0.4 is 10.5 Å². The molecule has 0 bridgehead atoms. The molecule has 0 saturated heterocycles. The van der Waals surface area contributed by atoms with Crippen molar-refractivity contribution in [3.63, 3.8) is 0 Å². The second kappa shape index (κ2) is 5.38. The number of hydrogen-bond donors (Lipinski definition) is 1. The number of rotatable bonds is 4. The summed E-state index contributed by atoms with van der Waals surface area (Å²) in [5, 5.41) is 0. The summed E-state index contributed by atoms with van der Waals surface area (Å²) < 4.78 is 65.4. The van der Waals surface area contributed by atoms with Crippen molar-refractivity contribution in [1.82, 2.24) is 0 Å². The molecule has 0 radical (unpaired) electrons. The molecule has 0 fully saturated rings. The lowest BCUT2D eigenvalue weighted by Crippen LogP contribution is -2.47. The van der Waals surface area contributed by atoms with E-state index in [0.717, 1.165) is 12.3 Å². The first-order valence-electron chi connectivity index (χ1n) is 5.31. The van der Waals surface area contributed by atoms with Crippen molar-refractivity contribution in [2.75, 3.05) is 6.26 Å². The smallest absolute Gasteiger partial charge is 0.426 e. The third-order valence-corrected chi connectivity index (χ3v) is 3.41. The first-order valence-corrected chi connectivity index (χ1v) is 7.20. The number of hydrogen-bond acceptors (Lipinski definition) is 4. The van der Waals surface area contributed by atoms with Gasteiger partial charge in [0.25, 0.3) is 0 Å². The molecule has 0 heterocycles. The molecule has 1 aromatic carbocycles. The molecule has 8 heteroatoms. The Morgan fingerprint density at radius 1 is 1.32 bits per heavy atom. The first-order chi connectivity index (χ1) is 8.51. The van der Waals surface area contributed by atoms with E-state index < -0.39 is 28.2 Å². The third-order valence-electron chi connectivity index (χ3n) is 2.30. The van der Waals surface area contributed by atoms with E-state index >= 15 is 0 Å². The molecule has 0 aliphatic rings. The predicted molar refractivity (Wildman–Crippen MR) is 63.7 cm³/mol. The van der Waals surface area contributed by atoms with Gasteiger partial charge in [-0.1, -0.05) is 6.07 Å². The number of nitrogens with two attached hydrogens (primary N) is 1. The summed E-state index contributed by atoms with van der Waals surface area (Å²) in [6.45, 7) is 1.17. The molecule has 1 aromatic rings. The minimum atomic E-state index is -4.63. The van der Waals surface area contributed by atoms with Crippen molar-refractivity contribution < 1.29 is 26.3 Å². The average molecular weight is 297 g/mol. The zero-order chi connectivity index (χ0) is 14.8. The molecule has 0 aliphatic heterocycles. The summed E-state index contributed by atoms with van der Waals surface area (Å²) in [7, 11) is -3.51. The van der Waals surface area contributed by atoms with Gasteiger partial charge in [0.05, 0.1) is 4.90 Å². The maximum atomic E-state index is 12.7. The van der Waals surface area contributed by atoms with Crippen molar-refractivity contribution in [3.8, 4) is 5.75 Å². The van der Waals surface area contributed by atoms with Crippen LogP contribution in [-0.2, 0) is 9.84 Å². The van der Waals surface area contributed by atoms with Crippen LogP contribution in [0.25, 0.3) is 0 Å². The largest absolute Gasteiger partial charge is 0.479 e. The van der Waals surface area contributed by atoms with Gasteiger partial charge in [0.1, 0.15) is 5.75 Å². The fraction of sp³-hybridized carbons (Fsp3) is 0.455. The fourth-order valence-electron chi connectivity index (χ4n) is 1.40. The molecule has 19 heavy (non-hydrogen) atoms. The molecule has 2 N–H and O–H groups in total. The number of ether oxygens (including phenoxy) is 1. The van der Waals surface area contributed by atoms with Crippen LogP contribution in [0.2, 0.25) is 0 Å². The molecule has 0 aromatic heterocycles. The first kappa shape index (κ1) is 15.8. The Morgan fingerprint density at radius 2 is 1.89 bits per heavy atom. The van der Waals surface area contributed by atoms with E-state index in [2.05, 4.69) is 0 Å². The Hall–Kier alpha value is -1.28. The van der Waals surface area contributed by atoms with Crippen LogP contribution in [0, 0.1) is 0 Å². The highest BCUT2D eigenvalue weighted by molar-refractivity contribution is 7.90. The number of alkyl halides is 3. The summed E-state index contributed by atoms with van der Waals surface area (Å²) in [5.74, 6) is -0.192. The van der Waals surface area contributed by atoms with Gasteiger partial charge >= 0.3 is 6.18 Å². The van der Waals surface area contributed by atoms with Gasteiger partial charge in [-0.2, -0.15) is 13.2 Å². The zero-order valence-electron chi connectivity index (χ0n) is 10.3. The third kappa shape index (κ3) is 4.39. The van der Waals surface area contributed by atoms with E-state index in [4.69, 9.17) is 10.5 Å². The standard InChI is InChI=1S/C11H14F3NO3S/c1-7(15)10(11(12,13)14)18-8-4-3-5-9(6-8)19(2,16)17/h3-7,10H,15H2,1-2H3. The minimum absolute atomic E-state index is 0.115. The molecule has 0 amide bonds. The van der Waals surface area contributed by atoms with Gasteiger partial charge < -0.3 is 10.5 Å². The molecular formula is C11H14F3NO3S. The van der Waals surface area contributed by atoms with Gasteiger partial charge in [0.2, 0.25) is 6.10 Å². The van der Waals surface area contributed by atoms with Crippen LogP contribution in [0.5, 0.6) is 5.75 Å². The van der Waals surface area contributed by atoms with Crippen LogP contribution in [0.15, 0.2) is 29.2 Å². The Balaban J connectivity index is 3.05. The fourth-order valence-corrected chi connectivity index (χ4v) is 2.05. The predicted octanol–water partition coefficient (Wildman–Crippen LogP) is 1.75. The average Bonchev–Trinajstić information content (AvgIpc) is 2.23. The lowest BCUT2D eigenvalue weighted by molar-refractivity contribution is -0.199. The molecule has 2 unspecified atom stereocenters. The van der Waals surface area contributed by atoms with Gasteiger partial charge in [-0.25, -0.2) is 8.42 Å². The second-order valence-electron chi connectivity index (χ2n) is 4.19. The van der Waals surface area contributed by atoms with Gasteiger partial charge in [-0.05, 0) is 25.1 Å². The summed E-state index contributed by atoms with van der Waals surface area (Å²) >= 11 is 0. The van der Waals surface area contributed by atoms with Crippen LogP contribution in [-0.4, -0.2) is 33.0 Å². The number of benzene rings is 1. The van der Waals surface area contributed by atoms with E-state index in [0.29, 0.717) is 0 Å².